The summed E-state index contributed by atoms with van der Waals surface area (Å²) in [5.41, 5.74) is -8.43. The van der Waals surface area contributed by atoms with Crippen LogP contribution < -0.4 is 0 Å². The van der Waals surface area contributed by atoms with Crippen LogP contribution in [-0.4, -0.2) is 55.8 Å². The van der Waals surface area contributed by atoms with Gasteiger partial charge in [-0.25, -0.2) is 4.39 Å². The van der Waals surface area contributed by atoms with E-state index in [1.165, 1.54) is 0 Å². The summed E-state index contributed by atoms with van der Waals surface area (Å²) < 4.78 is 240. The normalized spacial score (nSPS) is 26.8. The Hall–Kier alpha value is -1.31. The predicted molar refractivity (Wildman–Crippen MR) is 50.7 cm³/mol. The second kappa shape index (κ2) is 6.34. The van der Waals surface area contributed by atoms with Crippen LogP contribution in [0.4, 0.5) is 78.0 Å². The first-order valence-electron chi connectivity index (χ1n) is 5.67. The molecule has 176 valence electrons. The summed E-state index contributed by atoms with van der Waals surface area (Å²) in [6.45, 7) is 0. The molecule has 0 aromatic heterocycles. The topological polar surface area (TPSA) is 34.1 Å². The van der Waals surface area contributed by atoms with Crippen LogP contribution in [0.5, 0.6) is 0 Å². The molecular weight excluding hydrogens is 502 g/mol. The summed E-state index contributed by atoms with van der Waals surface area (Å²) in [5.74, 6) is -48.7. The van der Waals surface area contributed by atoms with E-state index in [1.807, 2.05) is 0 Å². The monoisotopic (exact) mass is 502 g/mol. The molecule has 0 spiro atoms. The van der Waals surface area contributed by atoms with Gasteiger partial charge in [0.1, 0.15) is 0 Å². The van der Waals surface area contributed by atoms with E-state index in [2.05, 4.69) is 0 Å². The first kappa shape index (κ1) is 27.7. The predicted octanol–water partition coefficient (Wildman–Crippen LogP) is 5.25. The van der Waals surface area contributed by atoms with Gasteiger partial charge in [0.2, 0.25) is 0 Å². The maximum atomic E-state index is 13.5. The Morgan fingerprint density at radius 3 is 0.828 bits per heavy atom. The quantitative estimate of drug-likeness (QED) is 0.363. The van der Waals surface area contributed by atoms with Gasteiger partial charge >= 0.3 is 58.0 Å². The molecule has 1 fully saturated rings. The van der Waals surface area contributed by atoms with Gasteiger partial charge < -0.3 is 0 Å². The van der Waals surface area contributed by atoms with E-state index in [9.17, 15) is 78.0 Å². The van der Waals surface area contributed by atoms with E-state index < -0.39 is 58.0 Å². The number of alkyl halides is 16. The molecule has 0 radical (unpaired) electrons. The van der Waals surface area contributed by atoms with Crippen molar-refractivity contribution in [2.45, 2.75) is 47.4 Å². The minimum Gasteiger partial charge on any atom is -0.223 e. The molecule has 1 aliphatic carbocycles. The molecule has 0 amide bonds. The summed E-state index contributed by atoms with van der Waals surface area (Å²) in [4.78, 5) is 0. The zero-order chi connectivity index (χ0) is 24.5. The average Bonchev–Trinajstić information content (AvgIpc) is 2.40. The van der Waals surface area contributed by atoms with Crippen LogP contribution in [0.3, 0.4) is 0 Å². The molecule has 0 saturated heterocycles. The molecule has 21 heteroatoms. The SMILES string of the molecule is FC(F)(F)C(F)(F)C1(F)C(F)(F)C(F)(F)C(F)(F)C(F)(F)C1(F)F.O=S(=O)(F)F. The van der Waals surface area contributed by atoms with E-state index in [1.54, 1.807) is 0 Å². The van der Waals surface area contributed by atoms with E-state index in [0.29, 0.717) is 0 Å². The zero-order valence-corrected chi connectivity index (χ0v) is 12.8. The zero-order valence-electron chi connectivity index (χ0n) is 12.0. The number of hydrogen-bond acceptors (Lipinski definition) is 2. The van der Waals surface area contributed by atoms with Crippen LogP contribution in [0, 0.1) is 0 Å². The van der Waals surface area contributed by atoms with Gasteiger partial charge in [-0.15, -0.1) is 0 Å². The Morgan fingerprint density at radius 1 is 0.483 bits per heavy atom. The van der Waals surface area contributed by atoms with Crippen molar-refractivity contribution in [1.82, 2.24) is 0 Å². The molecule has 0 heterocycles. The molecule has 0 unspecified atom stereocenters. The summed E-state index contributed by atoms with van der Waals surface area (Å²) in [7, 11) is -5.67. The first-order chi connectivity index (χ1) is 12.0. The van der Waals surface area contributed by atoms with Crippen molar-refractivity contribution >= 4 is 10.6 Å². The molecule has 2 nitrogen and oxygen atoms in total. The molecule has 0 aromatic carbocycles. The summed E-state index contributed by atoms with van der Waals surface area (Å²) in [6.07, 6.45) is -7.84. The lowest BCUT2D eigenvalue weighted by molar-refractivity contribution is -0.520. The van der Waals surface area contributed by atoms with Crippen LogP contribution in [0.2, 0.25) is 0 Å². The Kier molecular flexibility index (Phi) is 6.06. The van der Waals surface area contributed by atoms with Gasteiger partial charge in [-0.05, 0) is 0 Å². The number of hydrogen-bond donors (Lipinski definition) is 0. The Morgan fingerprint density at radius 2 is 0.655 bits per heavy atom. The third-order valence-electron chi connectivity index (χ3n) is 3.23. The fourth-order valence-corrected chi connectivity index (χ4v) is 1.81. The van der Waals surface area contributed by atoms with Crippen molar-refractivity contribution in [2.75, 3.05) is 0 Å². The summed E-state index contributed by atoms with van der Waals surface area (Å²) in [6, 6.07) is 0. The lowest BCUT2D eigenvalue weighted by Crippen LogP contribution is -2.88. The van der Waals surface area contributed by atoms with Gasteiger partial charge in [-0.1, -0.05) is 7.77 Å². The number of halogens is 18. The van der Waals surface area contributed by atoms with Crippen molar-refractivity contribution in [1.29, 1.82) is 0 Å². The van der Waals surface area contributed by atoms with Crippen LogP contribution in [-0.2, 0) is 10.6 Å². The molecule has 1 aliphatic rings. The highest BCUT2D eigenvalue weighted by atomic mass is 32.3. The maximum Gasteiger partial charge on any atom is 0.476 e. The van der Waals surface area contributed by atoms with Crippen molar-refractivity contribution < 1.29 is 86.4 Å². The van der Waals surface area contributed by atoms with Crippen molar-refractivity contribution in [3.05, 3.63) is 0 Å². The van der Waals surface area contributed by atoms with E-state index in [-0.39, 0.29) is 0 Å². The van der Waals surface area contributed by atoms with Crippen molar-refractivity contribution in [3.63, 3.8) is 0 Å². The molecule has 0 aromatic rings. The molecule has 0 N–H and O–H groups in total. The molecule has 0 atom stereocenters. The highest BCUT2D eigenvalue weighted by Gasteiger charge is 3.07. The molecule has 0 aliphatic heterocycles. The molecule has 1 rings (SSSR count). The van der Waals surface area contributed by atoms with E-state index in [4.69, 9.17) is 8.42 Å². The smallest absolute Gasteiger partial charge is 0.223 e. The van der Waals surface area contributed by atoms with E-state index >= 15 is 0 Å². The van der Waals surface area contributed by atoms with E-state index in [0.717, 1.165) is 0 Å². The van der Waals surface area contributed by atoms with Crippen LogP contribution in [0.15, 0.2) is 0 Å². The lowest BCUT2D eigenvalue weighted by Gasteiger charge is -2.54. The molecule has 1 saturated carbocycles. The van der Waals surface area contributed by atoms with Crippen LogP contribution in [0.1, 0.15) is 0 Å². The van der Waals surface area contributed by atoms with Gasteiger partial charge in [-0.3, -0.25) is 0 Å². The molecule has 0 bridgehead atoms. The standard InChI is InChI=1S/C8F16.F2O2S/c9-1(4(14,15)8(22,23)24)2(10,11)5(16,17)7(20,21)6(18,19)3(1,12)13;1-5(2,3)4. The second-order valence-corrected chi connectivity index (χ2v) is 5.74. The Labute approximate surface area is 145 Å². The summed E-state index contributed by atoms with van der Waals surface area (Å²) in [5, 5.41) is 0. The second-order valence-electron chi connectivity index (χ2n) is 4.98. The van der Waals surface area contributed by atoms with Crippen LogP contribution in [0.25, 0.3) is 0 Å². The average molecular weight is 502 g/mol. The van der Waals surface area contributed by atoms with Gasteiger partial charge in [0, 0.05) is 0 Å². The largest absolute Gasteiger partial charge is 0.476 e. The molecule has 29 heavy (non-hydrogen) atoms. The van der Waals surface area contributed by atoms with Crippen molar-refractivity contribution in [3.8, 4) is 0 Å². The summed E-state index contributed by atoms with van der Waals surface area (Å²) >= 11 is 0. The van der Waals surface area contributed by atoms with Gasteiger partial charge in [0.15, 0.2) is 0 Å². The van der Waals surface area contributed by atoms with Gasteiger partial charge in [-0.2, -0.15) is 74.3 Å². The third kappa shape index (κ3) is 3.26. The van der Waals surface area contributed by atoms with Crippen LogP contribution >= 0.6 is 0 Å². The minimum absolute atomic E-state index is 5.67. The van der Waals surface area contributed by atoms with Crippen molar-refractivity contribution in [2.24, 2.45) is 0 Å². The lowest BCUT2D eigenvalue weighted by atomic mass is 9.69. The number of rotatable bonds is 1. The third-order valence-corrected chi connectivity index (χ3v) is 3.23. The minimum atomic E-state index is -8.43. The Bertz CT molecular complexity index is 693. The van der Waals surface area contributed by atoms with Gasteiger partial charge in [0.25, 0.3) is 0 Å². The Balaban J connectivity index is 0.00000139. The first-order valence-corrected chi connectivity index (χ1v) is 6.95. The van der Waals surface area contributed by atoms with Gasteiger partial charge in [0.05, 0.1) is 0 Å². The molecular formula is C8F18O2S. The highest BCUT2D eigenvalue weighted by Crippen LogP contribution is 2.73. The maximum absolute atomic E-state index is 13.5. The fourth-order valence-electron chi connectivity index (χ4n) is 1.81. The fraction of sp³-hybridized carbons (Fsp3) is 1.00. The highest BCUT2D eigenvalue weighted by molar-refractivity contribution is 7.81.